The lowest BCUT2D eigenvalue weighted by Crippen LogP contribution is -2.34. The van der Waals surface area contributed by atoms with Gasteiger partial charge in [0.05, 0.1) is 4.90 Å². The molecule has 0 amide bonds. The van der Waals surface area contributed by atoms with Gasteiger partial charge in [0.25, 0.3) is 0 Å². The summed E-state index contributed by atoms with van der Waals surface area (Å²) in [7, 11) is -3.92. The molecule has 5 nitrogen and oxygen atoms in total. The first-order valence-corrected chi connectivity index (χ1v) is 7.94. The highest BCUT2D eigenvalue weighted by molar-refractivity contribution is 7.92. The Morgan fingerprint density at radius 3 is 2.29 bits per heavy atom. The van der Waals surface area contributed by atoms with E-state index in [2.05, 4.69) is 11.8 Å². The van der Waals surface area contributed by atoms with Crippen molar-refractivity contribution in [3.05, 3.63) is 24.3 Å². The molecule has 114 valence electrons. The highest BCUT2D eigenvalue weighted by Gasteiger charge is 2.36. The van der Waals surface area contributed by atoms with Crippen LogP contribution in [0.3, 0.4) is 0 Å². The number of hydrogen-bond acceptors (Lipinski definition) is 4. The molecule has 1 rings (SSSR count). The van der Waals surface area contributed by atoms with Crippen LogP contribution in [0.25, 0.3) is 0 Å². The monoisotopic (exact) mass is 310 g/mol. The maximum atomic E-state index is 12.3. The number of benzene rings is 1. The molecule has 0 aromatic heterocycles. The third-order valence-electron chi connectivity index (χ3n) is 2.82. The maximum absolute atomic E-state index is 12.3. The van der Waals surface area contributed by atoms with E-state index >= 15 is 0 Å². The van der Waals surface area contributed by atoms with E-state index in [1.165, 1.54) is 24.3 Å². The van der Waals surface area contributed by atoms with E-state index < -0.39 is 27.0 Å². The standard InChI is InChI=1S/C15H18O5S/c1-4-5-10-20-12-6-8-13(9-7-12)21(18,19)14(11(2)3)15(16)17/h6-9,11,14H,10H2,1-3H3,(H,16,17)/t14-/m0/s1. The molecule has 0 aliphatic heterocycles. The number of rotatable bonds is 6. The third kappa shape index (κ3) is 4.23. The minimum absolute atomic E-state index is 0.0301. The third-order valence-corrected chi connectivity index (χ3v) is 5.17. The highest BCUT2D eigenvalue weighted by Crippen LogP contribution is 2.24. The summed E-state index contributed by atoms with van der Waals surface area (Å²) in [6.45, 7) is 5.04. The van der Waals surface area contributed by atoms with Crippen molar-refractivity contribution in [1.29, 1.82) is 0 Å². The van der Waals surface area contributed by atoms with Gasteiger partial charge in [0, 0.05) is 0 Å². The van der Waals surface area contributed by atoms with Gasteiger partial charge in [0.15, 0.2) is 15.1 Å². The van der Waals surface area contributed by atoms with Crippen LogP contribution in [0.1, 0.15) is 20.8 Å². The first-order valence-electron chi connectivity index (χ1n) is 6.40. The molecule has 6 heteroatoms. The molecular weight excluding hydrogens is 292 g/mol. The van der Waals surface area contributed by atoms with Crippen LogP contribution in [0.2, 0.25) is 0 Å². The Labute approximate surface area is 124 Å². The van der Waals surface area contributed by atoms with E-state index in [0.717, 1.165) is 0 Å². The number of ether oxygens (including phenoxy) is 1. The molecule has 0 fully saturated rings. The molecule has 0 radical (unpaired) electrons. The van der Waals surface area contributed by atoms with Gasteiger partial charge in [0.1, 0.15) is 12.4 Å². The molecule has 0 unspecified atom stereocenters. The van der Waals surface area contributed by atoms with Crippen molar-refractivity contribution in [3.63, 3.8) is 0 Å². The average molecular weight is 310 g/mol. The molecule has 0 aliphatic carbocycles. The number of carbonyl (C=O) groups is 1. The smallest absolute Gasteiger partial charge is 0.322 e. The van der Waals surface area contributed by atoms with Gasteiger partial charge in [-0.05, 0) is 37.1 Å². The van der Waals surface area contributed by atoms with E-state index in [1.54, 1.807) is 20.8 Å². The molecule has 1 atom stereocenters. The van der Waals surface area contributed by atoms with Crippen LogP contribution in [0.5, 0.6) is 5.75 Å². The van der Waals surface area contributed by atoms with Gasteiger partial charge in [-0.15, -0.1) is 5.92 Å². The summed E-state index contributed by atoms with van der Waals surface area (Å²) >= 11 is 0. The van der Waals surface area contributed by atoms with Gasteiger partial charge in [0.2, 0.25) is 0 Å². The van der Waals surface area contributed by atoms with E-state index in [9.17, 15) is 13.2 Å². The lowest BCUT2D eigenvalue weighted by Gasteiger charge is -2.17. The van der Waals surface area contributed by atoms with Gasteiger partial charge in [-0.2, -0.15) is 0 Å². The topological polar surface area (TPSA) is 80.7 Å². The average Bonchev–Trinajstić information content (AvgIpc) is 2.38. The second-order valence-corrected chi connectivity index (χ2v) is 6.80. The Morgan fingerprint density at radius 2 is 1.86 bits per heavy atom. The van der Waals surface area contributed by atoms with Gasteiger partial charge in [-0.1, -0.05) is 19.8 Å². The predicted octanol–water partition coefficient (Wildman–Crippen LogP) is 1.97. The molecule has 1 aromatic carbocycles. The molecule has 1 N–H and O–H groups in total. The van der Waals surface area contributed by atoms with Crippen LogP contribution in [-0.2, 0) is 14.6 Å². The number of carboxylic acids is 1. The van der Waals surface area contributed by atoms with Crippen molar-refractivity contribution >= 4 is 15.8 Å². The van der Waals surface area contributed by atoms with Gasteiger partial charge in [-0.25, -0.2) is 8.42 Å². The molecule has 0 spiro atoms. The highest BCUT2D eigenvalue weighted by atomic mass is 32.2. The fourth-order valence-corrected chi connectivity index (χ4v) is 3.63. The summed E-state index contributed by atoms with van der Waals surface area (Å²) in [5.74, 6) is 4.01. The number of sulfone groups is 1. The predicted molar refractivity (Wildman–Crippen MR) is 78.8 cm³/mol. The summed E-state index contributed by atoms with van der Waals surface area (Å²) in [5.41, 5.74) is 0. The molecule has 0 bridgehead atoms. The Bertz CT molecular complexity index is 648. The van der Waals surface area contributed by atoms with Crippen LogP contribution in [0.15, 0.2) is 29.2 Å². The van der Waals surface area contributed by atoms with Gasteiger partial charge >= 0.3 is 5.97 Å². The zero-order chi connectivity index (χ0) is 16.0. The van der Waals surface area contributed by atoms with E-state index in [-0.39, 0.29) is 11.5 Å². The molecule has 1 aromatic rings. The van der Waals surface area contributed by atoms with Crippen LogP contribution in [-0.4, -0.2) is 31.4 Å². The maximum Gasteiger partial charge on any atom is 0.322 e. The van der Waals surface area contributed by atoms with Crippen molar-refractivity contribution < 1.29 is 23.1 Å². The van der Waals surface area contributed by atoms with Gasteiger partial charge in [-0.3, -0.25) is 4.79 Å². The molecule has 0 saturated carbocycles. The molecule has 0 heterocycles. The second kappa shape index (κ2) is 7.14. The van der Waals surface area contributed by atoms with Crippen molar-refractivity contribution in [2.75, 3.05) is 6.61 Å². The lowest BCUT2D eigenvalue weighted by molar-refractivity contribution is -0.137. The van der Waals surface area contributed by atoms with Crippen LogP contribution < -0.4 is 4.74 Å². The Morgan fingerprint density at radius 1 is 1.29 bits per heavy atom. The zero-order valence-electron chi connectivity index (χ0n) is 12.2. The zero-order valence-corrected chi connectivity index (χ0v) is 13.0. The molecule has 0 saturated heterocycles. The summed E-state index contributed by atoms with van der Waals surface area (Å²) < 4.78 is 30.0. The Balaban J connectivity index is 3.03. The fraction of sp³-hybridized carbons (Fsp3) is 0.400. The molecular formula is C15H18O5S. The molecule has 0 aliphatic rings. The summed E-state index contributed by atoms with van der Waals surface area (Å²) in [6, 6.07) is 5.68. The SMILES string of the molecule is CC#CCOc1ccc(S(=O)(=O)[C@H](C(=O)O)C(C)C)cc1. The van der Waals surface area contributed by atoms with Crippen LogP contribution >= 0.6 is 0 Å². The Kier molecular flexibility index (Phi) is 5.79. The second-order valence-electron chi connectivity index (χ2n) is 4.73. The number of carboxylic acid groups (broad SMARTS) is 1. The fourth-order valence-electron chi connectivity index (χ4n) is 1.84. The van der Waals surface area contributed by atoms with Crippen molar-refractivity contribution in [3.8, 4) is 17.6 Å². The summed E-state index contributed by atoms with van der Waals surface area (Å²) in [4.78, 5) is 11.2. The summed E-state index contributed by atoms with van der Waals surface area (Å²) in [6.07, 6.45) is 0. The quantitative estimate of drug-likeness (QED) is 0.813. The van der Waals surface area contributed by atoms with Gasteiger partial charge < -0.3 is 9.84 Å². The van der Waals surface area contributed by atoms with Crippen molar-refractivity contribution in [2.24, 2.45) is 5.92 Å². The van der Waals surface area contributed by atoms with Crippen molar-refractivity contribution in [2.45, 2.75) is 30.9 Å². The molecule has 21 heavy (non-hydrogen) atoms. The van der Waals surface area contributed by atoms with Crippen LogP contribution in [0.4, 0.5) is 0 Å². The first kappa shape index (κ1) is 17.1. The minimum atomic E-state index is -3.92. The normalized spacial score (nSPS) is 12.4. The lowest BCUT2D eigenvalue weighted by atomic mass is 10.1. The van der Waals surface area contributed by atoms with Crippen LogP contribution in [0, 0.1) is 17.8 Å². The number of hydrogen-bond donors (Lipinski definition) is 1. The van der Waals surface area contributed by atoms with E-state index in [4.69, 9.17) is 9.84 Å². The van der Waals surface area contributed by atoms with E-state index in [0.29, 0.717) is 5.75 Å². The first-order chi connectivity index (χ1) is 9.80. The van der Waals surface area contributed by atoms with E-state index in [1.807, 2.05) is 0 Å². The Hall–Kier alpha value is -2.00. The minimum Gasteiger partial charge on any atom is -0.481 e. The van der Waals surface area contributed by atoms with Crippen molar-refractivity contribution in [1.82, 2.24) is 0 Å². The summed E-state index contributed by atoms with van der Waals surface area (Å²) in [5, 5.41) is 7.66. The largest absolute Gasteiger partial charge is 0.481 e. The number of aliphatic carboxylic acids is 1.